The second-order valence-electron chi connectivity index (χ2n) is 6.39. The molecule has 0 aromatic heterocycles. The van der Waals surface area contributed by atoms with Crippen LogP contribution in [0.2, 0.25) is 0 Å². The highest BCUT2D eigenvalue weighted by Gasteiger charge is 2.40. The van der Waals surface area contributed by atoms with Crippen molar-refractivity contribution in [1.29, 1.82) is 0 Å². The number of hydrogen-bond donors (Lipinski definition) is 1. The van der Waals surface area contributed by atoms with Gasteiger partial charge in [0.15, 0.2) is 0 Å². The quantitative estimate of drug-likeness (QED) is 0.731. The molecule has 2 aliphatic heterocycles. The van der Waals surface area contributed by atoms with Gasteiger partial charge in [-0.05, 0) is 37.2 Å². The van der Waals surface area contributed by atoms with Crippen LogP contribution in [-0.2, 0) is 9.59 Å². The summed E-state index contributed by atoms with van der Waals surface area (Å²) in [5, 5.41) is 0. The summed E-state index contributed by atoms with van der Waals surface area (Å²) in [6, 6.07) is 13.3. The zero-order valence-corrected chi connectivity index (χ0v) is 17.1. The molecule has 0 radical (unpaired) electrons. The van der Waals surface area contributed by atoms with Crippen LogP contribution in [0.15, 0.2) is 46.9 Å². The largest absolute Gasteiger partial charge is 0.330 e. The number of carbonyl (C=O) groups is 2. The van der Waals surface area contributed by atoms with E-state index in [0.29, 0.717) is 30.7 Å². The van der Waals surface area contributed by atoms with Crippen LogP contribution in [0.25, 0.3) is 11.1 Å². The summed E-state index contributed by atoms with van der Waals surface area (Å²) in [7, 11) is 1.74. The van der Waals surface area contributed by atoms with Crippen molar-refractivity contribution in [2.45, 2.75) is 6.42 Å². The normalized spacial score (nSPS) is 17.9. The zero-order valence-electron chi connectivity index (χ0n) is 14.7. The molecule has 2 aromatic rings. The fourth-order valence-electron chi connectivity index (χ4n) is 3.63. The number of carbonyl (C=O) groups excluding carboxylic acids is 2. The van der Waals surface area contributed by atoms with E-state index >= 15 is 0 Å². The average Bonchev–Trinajstić information content (AvgIpc) is 3.04. The fraction of sp³-hybridized carbons (Fsp3) is 0.200. The third kappa shape index (κ3) is 2.98. The van der Waals surface area contributed by atoms with Crippen molar-refractivity contribution in [3.05, 3.63) is 58.1 Å². The maximum atomic E-state index is 13.3. The maximum Gasteiger partial charge on any atom is 0.259 e. The number of anilines is 2. The van der Waals surface area contributed by atoms with Gasteiger partial charge in [0.25, 0.3) is 11.8 Å². The Balaban J connectivity index is 0.00000210. The number of nitrogens with zero attached hydrogens (tertiary/aromatic N) is 2. The molecule has 2 N–H and O–H groups in total. The molecule has 0 saturated heterocycles. The monoisotopic (exact) mass is 447 g/mol. The van der Waals surface area contributed by atoms with Gasteiger partial charge in [-0.3, -0.25) is 9.59 Å². The standard InChI is InChI=1S/C20H18BrN3O2.ClH/c1-23-15-6-3-2-5-13(15)17(19(23)25)18-14-11-12(21)7-8-16(14)24(20(18)26)10-4-9-22;/h2-3,5-8,11H,4,9-10,22H2,1H3;1H/b18-17+;. The highest BCUT2D eigenvalue weighted by Crippen LogP contribution is 2.46. The minimum atomic E-state index is -0.152. The molecule has 27 heavy (non-hydrogen) atoms. The molecule has 0 atom stereocenters. The Labute approximate surface area is 172 Å². The number of halogens is 2. The smallest absolute Gasteiger partial charge is 0.259 e. The number of fused-ring (bicyclic) bond motifs is 2. The van der Waals surface area contributed by atoms with Crippen LogP contribution in [-0.4, -0.2) is 32.0 Å². The van der Waals surface area contributed by atoms with Crippen molar-refractivity contribution in [2.24, 2.45) is 5.73 Å². The van der Waals surface area contributed by atoms with Crippen molar-refractivity contribution in [3.63, 3.8) is 0 Å². The van der Waals surface area contributed by atoms with Crippen LogP contribution >= 0.6 is 28.3 Å². The molecular formula is C20H19BrClN3O2. The number of nitrogens with two attached hydrogens (primary N) is 1. The molecule has 2 aromatic carbocycles. The molecule has 0 spiro atoms. The molecule has 140 valence electrons. The highest BCUT2D eigenvalue weighted by molar-refractivity contribution is 9.10. The summed E-state index contributed by atoms with van der Waals surface area (Å²) in [5.74, 6) is -0.291. The topological polar surface area (TPSA) is 66.6 Å². The number of amides is 2. The first-order valence-corrected chi connectivity index (χ1v) is 9.27. The number of para-hydroxylation sites is 1. The zero-order chi connectivity index (χ0) is 18.4. The molecule has 0 unspecified atom stereocenters. The van der Waals surface area contributed by atoms with E-state index in [1.54, 1.807) is 16.8 Å². The minimum absolute atomic E-state index is 0. The summed E-state index contributed by atoms with van der Waals surface area (Å²) in [5.41, 5.74) is 9.82. The molecule has 5 nitrogen and oxygen atoms in total. The van der Waals surface area contributed by atoms with Gasteiger partial charge in [-0.2, -0.15) is 0 Å². The van der Waals surface area contributed by atoms with Crippen LogP contribution in [0.3, 0.4) is 0 Å². The van der Waals surface area contributed by atoms with E-state index in [-0.39, 0.29) is 24.2 Å². The molecular weight excluding hydrogens is 430 g/mol. The SMILES string of the molecule is CN1C(=O)/C(=C2/C(=O)N(CCCN)c3ccc(Br)cc32)c2ccccc21.Cl. The third-order valence-corrected chi connectivity index (χ3v) is 5.36. The van der Waals surface area contributed by atoms with Gasteiger partial charge < -0.3 is 15.5 Å². The van der Waals surface area contributed by atoms with Gasteiger partial charge >= 0.3 is 0 Å². The Morgan fingerprint density at radius 2 is 1.67 bits per heavy atom. The molecule has 0 saturated carbocycles. The van der Waals surface area contributed by atoms with Gasteiger partial charge in [0.1, 0.15) is 0 Å². The van der Waals surface area contributed by atoms with Gasteiger partial charge in [0.05, 0.1) is 22.5 Å². The van der Waals surface area contributed by atoms with Crippen LogP contribution in [0.4, 0.5) is 11.4 Å². The number of benzene rings is 2. The van der Waals surface area contributed by atoms with Crippen molar-refractivity contribution >= 4 is 62.7 Å². The van der Waals surface area contributed by atoms with Gasteiger partial charge in [-0.15, -0.1) is 12.4 Å². The lowest BCUT2D eigenvalue weighted by molar-refractivity contribution is -0.114. The third-order valence-electron chi connectivity index (χ3n) is 4.87. The lowest BCUT2D eigenvalue weighted by Crippen LogP contribution is -2.29. The van der Waals surface area contributed by atoms with Crippen molar-refractivity contribution < 1.29 is 9.59 Å². The van der Waals surface area contributed by atoms with Crippen molar-refractivity contribution in [1.82, 2.24) is 0 Å². The number of likely N-dealkylation sites (N-methyl/N-ethyl adjacent to an activating group) is 1. The Bertz CT molecular complexity index is 973. The van der Waals surface area contributed by atoms with E-state index in [2.05, 4.69) is 15.9 Å². The molecule has 4 rings (SSSR count). The van der Waals surface area contributed by atoms with Crippen molar-refractivity contribution in [2.75, 3.05) is 29.9 Å². The van der Waals surface area contributed by atoms with Crippen LogP contribution in [0, 0.1) is 0 Å². The Hall–Kier alpha value is -2.15. The predicted molar refractivity (Wildman–Crippen MR) is 114 cm³/mol. The molecule has 7 heteroatoms. The molecule has 2 aliphatic rings. The van der Waals surface area contributed by atoms with Crippen LogP contribution < -0.4 is 15.5 Å². The molecule has 0 fully saturated rings. The molecule has 2 heterocycles. The molecule has 0 aliphatic carbocycles. The predicted octanol–water partition coefficient (Wildman–Crippen LogP) is 3.45. The number of rotatable bonds is 3. The van der Waals surface area contributed by atoms with Gasteiger partial charge in [0.2, 0.25) is 0 Å². The van der Waals surface area contributed by atoms with E-state index < -0.39 is 0 Å². The van der Waals surface area contributed by atoms with E-state index in [4.69, 9.17) is 5.73 Å². The van der Waals surface area contributed by atoms with Gasteiger partial charge in [0, 0.05) is 29.2 Å². The Morgan fingerprint density at radius 1 is 0.963 bits per heavy atom. The fourth-order valence-corrected chi connectivity index (χ4v) is 3.99. The summed E-state index contributed by atoms with van der Waals surface area (Å²) in [4.78, 5) is 29.6. The van der Waals surface area contributed by atoms with E-state index in [1.807, 2.05) is 42.5 Å². The summed E-state index contributed by atoms with van der Waals surface area (Å²) in [6.45, 7) is 1.04. The van der Waals surface area contributed by atoms with Gasteiger partial charge in [-0.1, -0.05) is 34.1 Å². The first kappa shape index (κ1) is 19.6. The lowest BCUT2D eigenvalue weighted by atomic mass is 9.96. The average molecular weight is 449 g/mol. The van der Waals surface area contributed by atoms with Crippen molar-refractivity contribution in [3.8, 4) is 0 Å². The molecule has 2 amide bonds. The Kier molecular flexibility index (Phi) is 5.42. The minimum Gasteiger partial charge on any atom is -0.330 e. The van der Waals surface area contributed by atoms with E-state index in [9.17, 15) is 9.59 Å². The Morgan fingerprint density at radius 3 is 2.41 bits per heavy atom. The first-order chi connectivity index (χ1) is 12.5. The van der Waals surface area contributed by atoms with Crippen LogP contribution in [0.1, 0.15) is 17.5 Å². The second kappa shape index (κ2) is 7.46. The summed E-state index contributed by atoms with van der Waals surface area (Å²) in [6.07, 6.45) is 0.703. The van der Waals surface area contributed by atoms with E-state index in [1.165, 1.54) is 0 Å². The maximum absolute atomic E-state index is 13.3. The first-order valence-electron chi connectivity index (χ1n) is 8.48. The van der Waals surface area contributed by atoms with E-state index in [0.717, 1.165) is 27.0 Å². The summed E-state index contributed by atoms with van der Waals surface area (Å²) < 4.78 is 0.870. The highest BCUT2D eigenvalue weighted by atomic mass is 79.9. The molecule has 0 bridgehead atoms. The second-order valence-corrected chi connectivity index (χ2v) is 7.31. The lowest BCUT2D eigenvalue weighted by Gasteiger charge is -2.16. The number of hydrogen-bond acceptors (Lipinski definition) is 3. The van der Waals surface area contributed by atoms with Crippen LogP contribution in [0.5, 0.6) is 0 Å². The van der Waals surface area contributed by atoms with Gasteiger partial charge in [-0.25, -0.2) is 0 Å². The summed E-state index contributed by atoms with van der Waals surface area (Å²) >= 11 is 3.48.